The molecule has 0 aliphatic carbocycles. The van der Waals surface area contributed by atoms with Crippen molar-refractivity contribution in [3.8, 4) is 0 Å². The smallest absolute Gasteiger partial charge is 0.251 e. The molecule has 0 radical (unpaired) electrons. The van der Waals surface area contributed by atoms with E-state index in [4.69, 9.17) is 0 Å². The van der Waals surface area contributed by atoms with Gasteiger partial charge in [-0.3, -0.25) is 9.59 Å². The van der Waals surface area contributed by atoms with Crippen LogP contribution in [0, 0.1) is 0 Å². The minimum atomic E-state index is -0.254. The maximum atomic E-state index is 11.8. The first-order chi connectivity index (χ1) is 10.1. The van der Waals surface area contributed by atoms with E-state index in [1.165, 1.54) is 4.88 Å². The summed E-state index contributed by atoms with van der Waals surface area (Å²) >= 11 is 4.97. The number of amides is 2. The van der Waals surface area contributed by atoms with E-state index in [1.54, 1.807) is 35.6 Å². The number of nitrogens with one attached hydrogen (secondary N) is 2. The van der Waals surface area contributed by atoms with Crippen LogP contribution in [0.2, 0.25) is 0 Å². The van der Waals surface area contributed by atoms with E-state index in [2.05, 4.69) is 26.6 Å². The van der Waals surface area contributed by atoms with Crippen molar-refractivity contribution in [3.05, 3.63) is 56.7 Å². The van der Waals surface area contributed by atoms with Gasteiger partial charge in [0.15, 0.2) is 0 Å². The first-order valence-electron chi connectivity index (χ1n) is 6.48. The third-order valence-electron chi connectivity index (χ3n) is 2.79. The molecule has 0 saturated carbocycles. The van der Waals surface area contributed by atoms with Crippen molar-refractivity contribution in [1.82, 2.24) is 10.6 Å². The van der Waals surface area contributed by atoms with Crippen molar-refractivity contribution < 1.29 is 9.59 Å². The van der Waals surface area contributed by atoms with Crippen molar-refractivity contribution in [2.24, 2.45) is 0 Å². The lowest BCUT2D eigenvalue weighted by Crippen LogP contribution is -2.37. The van der Waals surface area contributed by atoms with Gasteiger partial charge in [-0.2, -0.15) is 0 Å². The third-order valence-corrected chi connectivity index (χ3v) is 4.25. The molecule has 2 aromatic rings. The summed E-state index contributed by atoms with van der Waals surface area (Å²) in [7, 11) is 0. The number of rotatable bonds is 6. The molecule has 0 spiro atoms. The van der Waals surface area contributed by atoms with Gasteiger partial charge < -0.3 is 10.6 Å². The van der Waals surface area contributed by atoms with Crippen LogP contribution in [-0.2, 0) is 11.2 Å². The van der Waals surface area contributed by atoms with Gasteiger partial charge in [0.05, 0.1) is 6.54 Å². The molecular formula is C15H15BrN2O2S. The summed E-state index contributed by atoms with van der Waals surface area (Å²) in [6.45, 7) is 0.562. The van der Waals surface area contributed by atoms with Crippen LogP contribution in [0.25, 0.3) is 0 Å². The molecule has 21 heavy (non-hydrogen) atoms. The Morgan fingerprint density at radius 2 is 1.86 bits per heavy atom. The Balaban J connectivity index is 1.68. The second-order valence-corrected chi connectivity index (χ2v) is 6.32. The van der Waals surface area contributed by atoms with E-state index in [1.807, 2.05) is 17.5 Å². The monoisotopic (exact) mass is 366 g/mol. The molecule has 0 unspecified atom stereocenters. The van der Waals surface area contributed by atoms with Crippen molar-refractivity contribution in [3.63, 3.8) is 0 Å². The summed E-state index contributed by atoms with van der Waals surface area (Å²) in [5.41, 5.74) is 0.532. The van der Waals surface area contributed by atoms with Gasteiger partial charge in [0, 0.05) is 21.5 Å². The first-order valence-corrected chi connectivity index (χ1v) is 8.15. The average Bonchev–Trinajstić information content (AvgIpc) is 2.99. The number of benzene rings is 1. The van der Waals surface area contributed by atoms with Gasteiger partial charge in [0.2, 0.25) is 5.91 Å². The van der Waals surface area contributed by atoms with Crippen LogP contribution in [0.15, 0.2) is 46.3 Å². The summed E-state index contributed by atoms with van der Waals surface area (Å²) in [6.07, 6.45) is 0.810. The van der Waals surface area contributed by atoms with Crippen LogP contribution in [0.4, 0.5) is 0 Å². The normalized spacial score (nSPS) is 10.1. The molecule has 110 valence electrons. The van der Waals surface area contributed by atoms with Crippen molar-refractivity contribution in [2.75, 3.05) is 13.1 Å². The largest absolute Gasteiger partial charge is 0.354 e. The number of thiophene rings is 1. The average molecular weight is 367 g/mol. The highest BCUT2D eigenvalue weighted by atomic mass is 79.9. The minimum absolute atomic E-state index is 0.0145. The number of hydrogen-bond acceptors (Lipinski definition) is 3. The molecule has 1 aromatic heterocycles. The molecule has 1 aromatic carbocycles. The van der Waals surface area contributed by atoms with Crippen molar-refractivity contribution in [2.45, 2.75) is 6.42 Å². The van der Waals surface area contributed by atoms with Gasteiger partial charge in [-0.05, 0) is 42.1 Å². The number of carbonyl (C=O) groups is 2. The Hall–Kier alpha value is -1.66. The number of halogens is 1. The maximum absolute atomic E-state index is 11.8. The maximum Gasteiger partial charge on any atom is 0.251 e. The second kappa shape index (κ2) is 7.95. The van der Waals surface area contributed by atoms with E-state index >= 15 is 0 Å². The highest BCUT2D eigenvalue weighted by Crippen LogP contribution is 2.10. The summed E-state index contributed by atoms with van der Waals surface area (Å²) in [5.74, 6) is -0.437. The minimum Gasteiger partial charge on any atom is -0.354 e. The van der Waals surface area contributed by atoms with Gasteiger partial charge >= 0.3 is 0 Å². The van der Waals surface area contributed by atoms with Crippen LogP contribution in [-0.4, -0.2) is 24.9 Å². The molecule has 2 amide bonds. The van der Waals surface area contributed by atoms with Crippen LogP contribution < -0.4 is 10.6 Å². The van der Waals surface area contributed by atoms with E-state index in [9.17, 15) is 9.59 Å². The summed E-state index contributed by atoms with van der Waals surface area (Å²) in [5, 5.41) is 7.39. The fraction of sp³-hybridized carbons (Fsp3) is 0.200. The lowest BCUT2D eigenvalue weighted by molar-refractivity contribution is -0.120. The lowest BCUT2D eigenvalue weighted by Gasteiger charge is -2.06. The molecule has 6 heteroatoms. The Labute approximate surface area is 135 Å². The molecule has 0 aliphatic heterocycles. The quantitative estimate of drug-likeness (QED) is 0.825. The van der Waals surface area contributed by atoms with Gasteiger partial charge in [-0.15, -0.1) is 11.3 Å². The Morgan fingerprint density at radius 3 is 2.52 bits per heavy atom. The fourth-order valence-corrected chi connectivity index (χ4v) is 2.68. The molecule has 1 heterocycles. The Morgan fingerprint density at radius 1 is 1.10 bits per heavy atom. The molecule has 2 N–H and O–H groups in total. The standard InChI is InChI=1S/C15H15BrN2O2S/c16-12-5-3-11(4-6-12)15(20)18-10-14(19)17-8-7-13-2-1-9-21-13/h1-6,9H,7-8,10H2,(H,17,19)(H,18,20). The molecule has 2 rings (SSSR count). The fourth-order valence-electron chi connectivity index (χ4n) is 1.71. The number of hydrogen-bond donors (Lipinski definition) is 2. The number of carbonyl (C=O) groups excluding carboxylic acids is 2. The molecule has 4 nitrogen and oxygen atoms in total. The highest BCUT2D eigenvalue weighted by molar-refractivity contribution is 9.10. The second-order valence-electron chi connectivity index (χ2n) is 4.37. The molecule has 0 atom stereocenters. The SMILES string of the molecule is O=C(CNC(=O)c1ccc(Br)cc1)NCCc1cccs1. The van der Waals surface area contributed by atoms with E-state index in [0.29, 0.717) is 12.1 Å². The zero-order valence-corrected chi connectivity index (χ0v) is 13.7. The van der Waals surface area contributed by atoms with Crippen molar-refractivity contribution >= 4 is 39.1 Å². The van der Waals surface area contributed by atoms with Gasteiger partial charge in [-0.25, -0.2) is 0 Å². The van der Waals surface area contributed by atoms with E-state index in [0.717, 1.165) is 10.9 Å². The predicted molar refractivity (Wildman–Crippen MR) is 87.5 cm³/mol. The lowest BCUT2D eigenvalue weighted by atomic mass is 10.2. The first kappa shape index (κ1) is 15.7. The third kappa shape index (κ3) is 5.32. The van der Waals surface area contributed by atoms with Crippen LogP contribution >= 0.6 is 27.3 Å². The summed E-state index contributed by atoms with van der Waals surface area (Å²) in [4.78, 5) is 24.7. The molecule has 0 saturated heterocycles. The zero-order valence-electron chi connectivity index (χ0n) is 11.3. The zero-order chi connectivity index (χ0) is 15.1. The van der Waals surface area contributed by atoms with E-state index < -0.39 is 0 Å². The highest BCUT2D eigenvalue weighted by Gasteiger charge is 2.07. The van der Waals surface area contributed by atoms with Gasteiger partial charge in [0.25, 0.3) is 5.91 Å². The topological polar surface area (TPSA) is 58.2 Å². The summed E-state index contributed by atoms with van der Waals surface area (Å²) < 4.78 is 0.908. The molecule has 0 fully saturated rings. The van der Waals surface area contributed by atoms with E-state index in [-0.39, 0.29) is 18.4 Å². The van der Waals surface area contributed by atoms with Crippen LogP contribution in [0.5, 0.6) is 0 Å². The molecule has 0 bridgehead atoms. The molecule has 0 aliphatic rings. The van der Waals surface area contributed by atoms with Gasteiger partial charge in [0.1, 0.15) is 0 Å². The van der Waals surface area contributed by atoms with Gasteiger partial charge in [-0.1, -0.05) is 22.0 Å². The van der Waals surface area contributed by atoms with Crippen molar-refractivity contribution in [1.29, 1.82) is 0 Å². The van der Waals surface area contributed by atoms with Crippen LogP contribution in [0.1, 0.15) is 15.2 Å². The summed E-state index contributed by atoms with van der Waals surface area (Å²) in [6, 6.07) is 11.0. The Bertz CT molecular complexity index is 597. The Kier molecular flexibility index (Phi) is 5.95. The molecular weight excluding hydrogens is 352 g/mol. The predicted octanol–water partition coefficient (Wildman–Crippen LogP) is 2.60. The van der Waals surface area contributed by atoms with Crippen LogP contribution in [0.3, 0.4) is 0 Å².